The summed E-state index contributed by atoms with van der Waals surface area (Å²) in [5.74, 6) is 0. The summed E-state index contributed by atoms with van der Waals surface area (Å²) in [5.41, 5.74) is 2.47. The van der Waals surface area contributed by atoms with E-state index in [9.17, 15) is 17.3 Å². The van der Waals surface area contributed by atoms with Gasteiger partial charge in [-0.2, -0.15) is 0 Å². The Kier molecular flexibility index (Phi) is 5.92. The molecule has 1 N–H and O–H groups in total. The highest BCUT2D eigenvalue weighted by Crippen LogP contribution is 2.08. The molecule has 0 saturated carbocycles. The van der Waals surface area contributed by atoms with Gasteiger partial charge in [0.05, 0.1) is 0 Å². The van der Waals surface area contributed by atoms with Crippen LogP contribution in [0.25, 0.3) is 0 Å². The molecule has 0 radical (unpaired) electrons. The molecule has 0 spiro atoms. The molecule has 0 saturated heterocycles. The SMILES string of the molecule is F[B-](F)(F)F.c1ccc(CNc2ccccc2)cc1. The molecule has 0 atom stereocenters. The Bertz CT molecular complexity index is 414. The third kappa shape index (κ3) is 8.71. The van der Waals surface area contributed by atoms with Crippen molar-refractivity contribution in [1.82, 2.24) is 0 Å². The van der Waals surface area contributed by atoms with Crippen molar-refractivity contribution in [1.29, 1.82) is 0 Å². The minimum Gasteiger partial charge on any atom is -0.418 e. The average Bonchev–Trinajstić information content (AvgIpc) is 2.37. The van der Waals surface area contributed by atoms with Crippen LogP contribution in [0, 0.1) is 0 Å². The molecule has 102 valence electrons. The number of halogens is 4. The molecule has 0 aliphatic heterocycles. The maximum Gasteiger partial charge on any atom is 0.673 e. The summed E-state index contributed by atoms with van der Waals surface area (Å²) in [6.45, 7) is 0.880. The highest BCUT2D eigenvalue weighted by Gasteiger charge is 2.20. The van der Waals surface area contributed by atoms with Gasteiger partial charge >= 0.3 is 7.25 Å². The molecule has 2 rings (SSSR count). The monoisotopic (exact) mass is 270 g/mol. The Balaban J connectivity index is 0.000000312. The van der Waals surface area contributed by atoms with Gasteiger partial charge in [0, 0.05) is 12.2 Å². The van der Waals surface area contributed by atoms with Crippen LogP contribution >= 0.6 is 0 Å². The van der Waals surface area contributed by atoms with Gasteiger partial charge in [0.2, 0.25) is 0 Å². The number of nitrogens with one attached hydrogen (secondary N) is 1. The second kappa shape index (κ2) is 7.46. The van der Waals surface area contributed by atoms with Gasteiger partial charge in [0.25, 0.3) is 0 Å². The van der Waals surface area contributed by atoms with Crippen molar-refractivity contribution in [3.63, 3.8) is 0 Å². The van der Waals surface area contributed by atoms with Gasteiger partial charge in [-0.25, -0.2) is 0 Å². The van der Waals surface area contributed by atoms with E-state index in [1.165, 1.54) is 5.56 Å². The van der Waals surface area contributed by atoms with Gasteiger partial charge in [0.1, 0.15) is 0 Å². The van der Waals surface area contributed by atoms with Gasteiger partial charge in [-0.05, 0) is 17.7 Å². The summed E-state index contributed by atoms with van der Waals surface area (Å²) in [7, 11) is -6.00. The van der Waals surface area contributed by atoms with Gasteiger partial charge in [0.15, 0.2) is 0 Å². The highest BCUT2D eigenvalue weighted by molar-refractivity contribution is 6.50. The molecule has 0 aliphatic rings. The molecule has 0 amide bonds. The van der Waals surface area contributed by atoms with Crippen molar-refractivity contribution < 1.29 is 17.3 Å². The number of hydrogen-bond acceptors (Lipinski definition) is 1. The Morgan fingerprint density at radius 1 is 0.737 bits per heavy atom. The first kappa shape index (κ1) is 15.1. The lowest BCUT2D eigenvalue weighted by atomic mass is 10.2. The molecule has 6 heteroatoms. The van der Waals surface area contributed by atoms with Gasteiger partial charge in [-0.3, -0.25) is 0 Å². The van der Waals surface area contributed by atoms with Crippen LogP contribution in [0.2, 0.25) is 0 Å². The maximum absolute atomic E-state index is 9.75. The van der Waals surface area contributed by atoms with Gasteiger partial charge < -0.3 is 22.6 Å². The molecule has 0 fully saturated rings. The summed E-state index contributed by atoms with van der Waals surface area (Å²) in [4.78, 5) is 0. The van der Waals surface area contributed by atoms with Crippen molar-refractivity contribution in [3.05, 3.63) is 66.2 Å². The minimum atomic E-state index is -6.00. The Morgan fingerprint density at radius 3 is 1.63 bits per heavy atom. The second-order valence-electron chi connectivity index (χ2n) is 3.70. The quantitative estimate of drug-likeness (QED) is 0.634. The first-order valence-electron chi connectivity index (χ1n) is 5.65. The molecule has 0 heterocycles. The summed E-state index contributed by atoms with van der Waals surface area (Å²) in [5, 5.41) is 3.36. The fourth-order valence-corrected chi connectivity index (χ4v) is 1.36. The molecule has 0 unspecified atom stereocenters. The van der Waals surface area contributed by atoms with Crippen molar-refractivity contribution >= 4 is 12.9 Å². The molecule has 2 aromatic carbocycles. The highest BCUT2D eigenvalue weighted by atomic mass is 19.5. The molecule has 1 nitrogen and oxygen atoms in total. The van der Waals surface area contributed by atoms with Crippen LogP contribution in [0.5, 0.6) is 0 Å². The zero-order valence-corrected chi connectivity index (χ0v) is 10.1. The van der Waals surface area contributed by atoms with Crippen molar-refractivity contribution in [2.45, 2.75) is 6.54 Å². The number of rotatable bonds is 3. The smallest absolute Gasteiger partial charge is 0.418 e. The van der Waals surface area contributed by atoms with Gasteiger partial charge in [-0.15, -0.1) is 0 Å². The summed E-state index contributed by atoms with van der Waals surface area (Å²) < 4.78 is 39.0. The number of hydrogen-bond donors (Lipinski definition) is 1. The van der Waals surface area contributed by atoms with E-state index in [2.05, 4.69) is 41.7 Å². The Morgan fingerprint density at radius 2 is 1.16 bits per heavy atom. The van der Waals surface area contributed by atoms with Crippen LogP contribution in [0.3, 0.4) is 0 Å². The standard InChI is InChI=1S/C13H13N.BF4/c1-3-7-12(8-4-1)11-14-13-9-5-2-6-10-13;2-1(3,4)5/h1-10,14H,11H2;/q;-1. The Labute approximate surface area is 109 Å². The van der Waals surface area contributed by atoms with Crippen molar-refractivity contribution in [2.24, 2.45) is 0 Å². The zero-order chi connectivity index (χ0) is 14.1. The van der Waals surface area contributed by atoms with E-state index >= 15 is 0 Å². The number of benzene rings is 2. The maximum atomic E-state index is 9.75. The summed E-state index contributed by atoms with van der Waals surface area (Å²) in [6, 6.07) is 20.6. The van der Waals surface area contributed by atoms with Crippen LogP contribution in [-0.4, -0.2) is 7.25 Å². The van der Waals surface area contributed by atoms with E-state index in [-0.39, 0.29) is 0 Å². The lowest BCUT2D eigenvalue weighted by Gasteiger charge is -2.05. The lowest BCUT2D eigenvalue weighted by molar-refractivity contribution is 0.368. The van der Waals surface area contributed by atoms with E-state index in [0.717, 1.165) is 12.2 Å². The topological polar surface area (TPSA) is 12.0 Å². The fourth-order valence-electron chi connectivity index (χ4n) is 1.36. The first-order valence-corrected chi connectivity index (χ1v) is 5.65. The zero-order valence-electron chi connectivity index (χ0n) is 10.1. The van der Waals surface area contributed by atoms with Gasteiger partial charge in [-0.1, -0.05) is 48.5 Å². The third-order valence-electron chi connectivity index (χ3n) is 2.11. The summed E-state index contributed by atoms with van der Waals surface area (Å²) in [6.07, 6.45) is 0. The fraction of sp³-hybridized carbons (Fsp3) is 0.0769. The predicted molar refractivity (Wildman–Crippen MR) is 70.4 cm³/mol. The van der Waals surface area contributed by atoms with E-state index in [4.69, 9.17) is 0 Å². The average molecular weight is 270 g/mol. The normalized spacial score (nSPS) is 10.3. The molecule has 0 aliphatic carbocycles. The van der Waals surface area contributed by atoms with E-state index in [1.807, 2.05) is 24.3 Å². The molecule has 19 heavy (non-hydrogen) atoms. The minimum absolute atomic E-state index is 0.880. The van der Waals surface area contributed by atoms with E-state index < -0.39 is 7.25 Å². The van der Waals surface area contributed by atoms with E-state index in [1.54, 1.807) is 0 Å². The van der Waals surface area contributed by atoms with Crippen molar-refractivity contribution in [2.75, 3.05) is 5.32 Å². The van der Waals surface area contributed by atoms with Crippen LogP contribution in [0.15, 0.2) is 60.7 Å². The number of anilines is 1. The predicted octanol–water partition coefficient (Wildman–Crippen LogP) is 4.60. The molecule has 0 bridgehead atoms. The largest absolute Gasteiger partial charge is 0.673 e. The Hall–Kier alpha value is -1.98. The summed E-state index contributed by atoms with van der Waals surface area (Å²) >= 11 is 0. The third-order valence-corrected chi connectivity index (χ3v) is 2.11. The number of para-hydroxylation sites is 1. The van der Waals surface area contributed by atoms with Crippen LogP contribution in [0.1, 0.15) is 5.56 Å². The lowest BCUT2D eigenvalue weighted by Crippen LogP contribution is -2.02. The van der Waals surface area contributed by atoms with E-state index in [0.29, 0.717) is 0 Å². The van der Waals surface area contributed by atoms with Crippen LogP contribution in [-0.2, 0) is 6.54 Å². The van der Waals surface area contributed by atoms with Crippen molar-refractivity contribution in [3.8, 4) is 0 Å². The molecular weight excluding hydrogens is 257 g/mol. The van der Waals surface area contributed by atoms with Crippen LogP contribution < -0.4 is 5.32 Å². The molecule has 0 aromatic heterocycles. The first-order chi connectivity index (χ1) is 8.95. The second-order valence-corrected chi connectivity index (χ2v) is 3.70. The van der Waals surface area contributed by atoms with Crippen LogP contribution in [0.4, 0.5) is 23.0 Å². The molecular formula is C13H13BF4N-. The molecule has 2 aromatic rings.